The van der Waals surface area contributed by atoms with Gasteiger partial charge in [-0.25, -0.2) is 0 Å². The maximum Gasteiger partial charge on any atom is 0.286 e. The van der Waals surface area contributed by atoms with Crippen molar-refractivity contribution in [1.82, 2.24) is 4.57 Å². The van der Waals surface area contributed by atoms with Gasteiger partial charge in [-0.2, -0.15) is 8.42 Å². The zero-order chi connectivity index (χ0) is 20.9. The van der Waals surface area contributed by atoms with Crippen LogP contribution in [-0.4, -0.2) is 23.9 Å². The lowest BCUT2D eigenvalue weighted by atomic mass is 10.1. The zero-order valence-electron chi connectivity index (χ0n) is 15.4. The van der Waals surface area contributed by atoms with Crippen LogP contribution in [0.2, 0.25) is 0 Å². The maximum absolute atomic E-state index is 13.4. The summed E-state index contributed by atoms with van der Waals surface area (Å²) in [5.74, 6) is -0.469. The van der Waals surface area contributed by atoms with Gasteiger partial charge in [-0.1, -0.05) is 42.5 Å². The first-order chi connectivity index (χ1) is 14.5. The number of rotatable bonds is 3. The van der Waals surface area contributed by atoms with E-state index < -0.39 is 15.6 Å². The average Bonchev–Trinajstić information content (AvgIpc) is 3.22. The van der Waals surface area contributed by atoms with E-state index in [1.165, 1.54) is 22.0 Å². The van der Waals surface area contributed by atoms with Gasteiger partial charge >= 0.3 is 0 Å². The van der Waals surface area contributed by atoms with E-state index in [2.05, 4.69) is 9.71 Å². The number of pyridine rings is 1. The van der Waals surface area contributed by atoms with Crippen molar-refractivity contribution in [2.45, 2.75) is 11.4 Å². The van der Waals surface area contributed by atoms with Gasteiger partial charge in [-0.05, 0) is 29.1 Å². The van der Waals surface area contributed by atoms with Crippen molar-refractivity contribution in [3.8, 4) is 5.75 Å². The van der Waals surface area contributed by atoms with Crippen molar-refractivity contribution in [1.29, 1.82) is 0 Å². The quantitative estimate of drug-likeness (QED) is 0.512. The Balaban J connectivity index is 1.75. The van der Waals surface area contributed by atoms with Gasteiger partial charge in [0, 0.05) is 0 Å². The van der Waals surface area contributed by atoms with E-state index in [1.54, 1.807) is 29.6 Å². The minimum Gasteiger partial charge on any atom is -0.505 e. The van der Waals surface area contributed by atoms with Crippen LogP contribution >= 0.6 is 11.3 Å². The molecular weight excluding hydrogens is 422 g/mol. The molecule has 9 heteroatoms. The number of nitrogens with zero attached hydrogens (tertiary/aromatic N) is 2. The number of para-hydroxylation sites is 1. The third kappa shape index (κ3) is 2.90. The Labute approximate surface area is 175 Å². The molecule has 0 amide bonds. The second-order valence-corrected chi connectivity index (χ2v) is 9.26. The first-order valence-corrected chi connectivity index (χ1v) is 11.4. The Kier molecular flexibility index (Phi) is 4.23. The van der Waals surface area contributed by atoms with Gasteiger partial charge < -0.3 is 15.0 Å². The topological polar surface area (TPSA) is 101 Å². The summed E-state index contributed by atoms with van der Waals surface area (Å²) in [6.45, 7) is 0.275. The van der Waals surface area contributed by atoms with Crippen LogP contribution in [-0.2, 0) is 16.6 Å². The van der Waals surface area contributed by atoms with Gasteiger partial charge in [0.25, 0.3) is 15.6 Å². The minimum atomic E-state index is -4.01. The smallest absolute Gasteiger partial charge is 0.286 e. The van der Waals surface area contributed by atoms with Gasteiger partial charge in [0.15, 0.2) is 11.6 Å². The summed E-state index contributed by atoms with van der Waals surface area (Å²) in [6, 6.07) is 17.5. The summed E-state index contributed by atoms with van der Waals surface area (Å²) in [5, 5.41) is 15.5. The number of fused-ring (bicyclic) bond motifs is 2. The molecule has 0 bridgehead atoms. The maximum atomic E-state index is 13.4. The number of aromatic nitrogens is 1. The van der Waals surface area contributed by atoms with E-state index in [1.807, 2.05) is 30.3 Å². The molecule has 2 aromatic carbocycles. The number of nitrogens with one attached hydrogen (secondary N) is 1. The molecule has 1 aliphatic rings. The average molecular weight is 438 g/mol. The number of hydrogen-bond donors (Lipinski definition) is 2. The largest absolute Gasteiger partial charge is 0.505 e. The molecule has 2 aromatic heterocycles. The molecule has 0 radical (unpaired) electrons. The Bertz CT molecular complexity index is 1490. The normalized spacial score (nSPS) is 14.7. The van der Waals surface area contributed by atoms with E-state index >= 15 is 0 Å². The number of aromatic hydroxyl groups is 1. The number of amidine groups is 1. The molecule has 0 atom stereocenters. The van der Waals surface area contributed by atoms with Gasteiger partial charge in [0.1, 0.15) is 10.5 Å². The van der Waals surface area contributed by atoms with Crippen LogP contribution in [0.1, 0.15) is 11.1 Å². The fourth-order valence-corrected chi connectivity index (χ4v) is 5.48. The number of anilines is 1. The first-order valence-electron chi connectivity index (χ1n) is 9.04. The van der Waals surface area contributed by atoms with Crippen molar-refractivity contribution in [2.75, 3.05) is 5.32 Å². The second-order valence-electron chi connectivity index (χ2n) is 6.77. The summed E-state index contributed by atoms with van der Waals surface area (Å²) >= 11 is 1.27. The Hall–Kier alpha value is -3.43. The van der Waals surface area contributed by atoms with Crippen molar-refractivity contribution in [3.05, 3.63) is 87.5 Å². The molecule has 0 aliphatic carbocycles. The molecule has 30 heavy (non-hydrogen) atoms. The van der Waals surface area contributed by atoms with Crippen LogP contribution < -0.4 is 10.9 Å². The lowest BCUT2D eigenvalue weighted by Crippen LogP contribution is -2.32. The number of benzene rings is 2. The summed E-state index contributed by atoms with van der Waals surface area (Å²) < 4.78 is 31.1. The minimum absolute atomic E-state index is 0.0232. The monoisotopic (exact) mass is 437 g/mol. The Morgan fingerprint density at radius 3 is 2.57 bits per heavy atom. The molecule has 0 spiro atoms. The highest BCUT2D eigenvalue weighted by atomic mass is 32.2. The second kappa shape index (κ2) is 6.82. The van der Waals surface area contributed by atoms with Crippen molar-refractivity contribution in [2.24, 2.45) is 4.40 Å². The van der Waals surface area contributed by atoms with Gasteiger partial charge in [0.05, 0.1) is 22.4 Å². The van der Waals surface area contributed by atoms with E-state index in [0.29, 0.717) is 15.9 Å². The van der Waals surface area contributed by atoms with Crippen LogP contribution in [0.5, 0.6) is 5.75 Å². The Morgan fingerprint density at radius 2 is 1.77 bits per heavy atom. The lowest BCUT2D eigenvalue weighted by Gasteiger charge is -2.19. The lowest BCUT2D eigenvalue weighted by molar-refractivity contribution is 0.479. The van der Waals surface area contributed by atoms with Crippen LogP contribution in [0, 0.1) is 0 Å². The number of hydrogen-bond acceptors (Lipinski definition) is 6. The summed E-state index contributed by atoms with van der Waals surface area (Å²) in [4.78, 5) is 13.4. The van der Waals surface area contributed by atoms with Crippen LogP contribution in [0.4, 0.5) is 5.69 Å². The zero-order valence-corrected chi connectivity index (χ0v) is 17.1. The third-order valence-electron chi connectivity index (χ3n) is 4.90. The predicted molar refractivity (Wildman–Crippen MR) is 117 cm³/mol. The van der Waals surface area contributed by atoms with Crippen LogP contribution in [0.15, 0.2) is 80.1 Å². The molecule has 4 aromatic rings. The van der Waals surface area contributed by atoms with Crippen LogP contribution in [0.25, 0.3) is 10.2 Å². The van der Waals surface area contributed by atoms with Crippen molar-refractivity contribution < 1.29 is 13.5 Å². The van der Waals surface area contributed by atoms with Gasteiger partial charge in [-0.3, -0.25) is 4.79 Å². The molecule has 2 N–H and O–H groups in total. The highest BCUT2D eigenvalue weighted by Crippen LogP contribution is 2.34. The molecule has 0 saturated carbocycles. The first kappa shape index (κ1) is 18.6. The standard InChI is InChI=1S/C21H15N3O4S2/c25-18-17(20-22-14-8-4-5-9-16(14)30(27,28)23-20)21(26)24(15-10-11-29-19(15)18)12-13-6-2-1-3-7-13/h1-11,25H,12H2,(H,22,23). The van der Waals surface area contributed by atoms with E-state index in [9.17, 15) is 18.3 Å². The highest BCUT2D eigenvalue weighted by molar-refractivity contribution is 7.90. The molecule has 3 heterocycles. The molecule has 0 saturated heterocycles. The summed E-state index contributed by atoms with van der Waals surface area (Å²) in [7, 11) is -4.01. The summed E-state index contributed by atoms with van der Waals surface area (Å²) in [5.41, 5.74) is 1.10. The molecule has 0 unspecified atom stereocenters. The van der Waals surface area contributed by atoms with Crippen LogP contribution in [0.3, 0.4) is 0 Å². The van der Waals surface area contributed by atoms with Crippen molar-refractivity contribution >= 4 is 43.1 Å². The Morgan fingerprint density at radius 1 is 1.03 bits per heavy atom. The highest BCUT2D eigenvalue weighted by Gasteiger charge is 2.29. The molecular formula is C21H15N3O4S2. The molecule has 5 rings (SSSR count). The summed E-state index contributed by atoms with van der Waals surface area (Å²) in [6.07, 6.45) is 0. The predicted octanol–water partition coefficient (Wildman–Crippen LogP) is 3.38. The van der Waals surface area contributed by atoms with Crippen molar-refractivity contribution in [3.63, 3.8) is 0 Å². The number of sulfonamides is 1. The van der Waals surface area contributed by atoms with Gasteiger partial charge in [-0.15, -0.1) is 15.7 Å². The van der Waals surface area contributed by atoms with E-state index in [0.717, 1.165) is 5.56 Å². The van der Waals surface area contributed by atoms with E-state index in [4.69, 9.17) is 0 Å². The fourth-order valence-electron chi connectivity index (χ4n) is 3.51. The third-order valence-corrected chi connectivity index (χ3v) is 7.14. The fraction of sp³-hybridized carbons (Fsp3) is 0.0476. The molecule has 1 aliphatic heterocycles. The number of thiophene rings is 1. The van der Waals surface area contributed by atoms with Gasteiger partial charge in [0.2, 0.25) is 0 Å². The molecule has 7 nitrogen and oxygen atoms in total. The van der Waals surface area contributed by atoms with E-state index in [-0.39, 0.29) is 28.6 Å². The molecule has 0 fully saturated rings. The molecule has 150 valence electrons. The SMILES string of the molecule is O=c1c(C2=NS(=O)(=O)c3ccccc3N2)c(O)c2sccc2n1Cc1ccccc1.